The zero-order valence-electron chi connectivity index (χ0n) is 14.9. The van der Waals surface area contributed by atoms with Crippen LogP contribution in [0.15, 0.2) is 17.1 Å². The zero-order chi connectivity index (χ0) is 18.8. The van der Waals surface area contributed by atoms with Crippen LogP contribution in [0.3, 0.4) is 0 Å². The molecule has 1 aromatic rings. The van der Waals surface area contributed by atoms with E-state index >= 15 is 0 Å². The molecule has 3 N–H and O–H groups in total. The standard InChI is InChI=1S/C16H23Cl3N4O2.HI/c1-10(2)23-14(24)4-5-21-16(20-3)22-6-7-25-15-12(18)8-11(17)9-13(15)19;/h8-10H,4-7H2,1-3H3,(H,23,24)(H2,20,21,22);1H. The van der Waals surface area contributed by atoms with Crippen molar-refractivity contribution in [2.75, 3.05) is 26.7 Å². The minimum Gasteiger partial charge on any atom is -0.489 e. The van der Waals surface area contributed by atoms with Gasteiger partial charge in [0.05, 0.1) is 16.6 Å². The van der Waals surface area contributed by atoms with Crippen molar-refractivity contribution in [3.8, 4) is 5.75 Å². The number of ether oxygens (including phenoxy) is 1. The number of halogens is 4. The first kappa shape index (κ1) is 25.4. The molecule has 0 aliphatic rings. The molecule has 0 fully saturated rings. The van der Waals surface area contributed by atoms with Gasteiger partial charge in [-0.25, -0.2) is 0 Å². The maximum absolute atomic E-state index is 11.6. The van der Waals surface area contributed by atoms with Crippen molar-refractivity contribution in [3.63, 3.8) is 0 Å². The van der Waals surface area contributed by atoms with Crippen LogP contribution in [0.25, 0.3) is 0 Å². The van der Waals surface area contributed by atoms with Crippen LogP contribution < -0.4 is 20.7 Å². The molecule has 10 heteroatoms. The van der Waals surface area contributed by atoms with Crippen LogP contribution in [0.2, 0.25) is 15.1 Å². The summed E-state index contributed by atoms with van der Waals surface area (Å²) < 4.78 is 5.57. The second kappa shape index (κ2) is 13.5. The lowest BCUT2D eigenvalue weighted by Crippen LogP contribution is -2.41. The van der Waals surface area contributed by atoms with Crippen molar-refractivity contribution in [3.05, 3.63) is 27.2 Å². The highest BCUT2D eigenvalue weighted by Gasteiger charge is 2.09. The molecule has 0 bridgehead atoms. The fourth-order valence-electron chi connectivity index (χ4n) is 1.90. The summed E-state index contributed by atoms with van der Waals surface area (Å²) in [6.45, 7) is 5.13. The molecule has 0 unspecified atom stereocenters. The highest BCUT2D eigenvalue weighted by Crippen LogP contribution is 2.35. The maximum atomic E-state index is 11.6. The Kier molecular flexibility index (Phi) is 13.2. The van der Waals surface area contributed by atoms with Gasteiger partial charge in [-0.1, -0.05) is 34.8 Å². The summed E-state index contributed by atoms with van der Waals surface area (Å²) in [5.74, 6) is 0.963. The first-order valence-corrected chi connectivity index (χ1v) is 8.98. The quantitative estimate of drug-likeness (QED) is 0.205. The highest BCUT2D eigenvalue weighted by molar-refractivity contribution is 14.0. The van der Waals surface area contributed by atoms with Crippen molar-refractivity contribution >= 4 is 70.6 Å². The van der Waals surface area contributed by atoms with E-state index in [1.165, 1.54) is 0 Å². The lowest BCUT2D eigenvalue weighted by molar-refractivity contribution is -0.121. The Hall–Kier alpha value is -0.640. The molecule has 0 aliphatic carbocycles. The van der Waals surface area contributed by atoms with Gasteiger partial charge in [-0.3, -0.25) is 9.79 Å². The van der Waals surface area contributed by atoms with Gasteiger partial charge < -0.3 is 20.7 Å². The largest absolute Gasteiger partial charge is 0.489 e. The number of guanidine groups is 1. The van der Waals surface area contributed by atoms with Gasteiger partial charge in [0.15, 0.2) is 11.7 Å². The number of hydrogen-bond acceptors (Lipinski definition) is 3. The van der Waals surface area contributed by atoms with E-state index in [9.17, 15) is 4.79 Å². The first-order chi connectivity index (χ1) is 11.8. The normalized spacial score (nSPS) is 11.0. The predicted molar refractivity (Wildman–Crippen MR) is 120 cm³/mol. The average molecular weight is 538 g/mol. The van der Waals surface area contributed by atoms with Gasteiger partial charge in [0.2, 0.25) is 5.91 Å². The first-order valence-electron chi connectivity index (χ1n) is 7.84. The van der Waals surface area contributed by atoms with Crippen LogP contribution in [-0.2, 0) is 4.79 Å². The molecule has 1 amide bonds. The number of benzene rings is 1. The van der Waals surface area contributed by atoms with Gasteiger partial charge in [0.1, 0.15) is 6.61 Å². The molecule has 1 rings (SSSR count). The van der Waals surface area contributed by atoms with Gasteiger partial charge in [0, 0.05) is 31.1 Å². The summed E-state index contributed by atoms with van der Waals surface area (Å²) >= 11 is 18.0. The van der Waals surface area contributed by atoms with Gasteiger partial charge in [-0.2, -0.15) is 0 Å². The van der Waals surface area contributed by atoms with Crippen LogP contribution in [0.4, 0.5) is 0 Å². The van der Waals surface area contributed by atoms with Crippen molar-refractivity contribution in [2.24, 2.45) is 4.99 Å². The summed E-state index contributed by atoms with van der Waals surface area (Å²) in [6, 6.07) is 3.27. The number of nitrogens with one attached hydrogen (secondary N) is 3. The molecule has 0 aromatic heterocycles. The second-order valence-corrected chi connectivity index (χ2v) is 6.70. The van der Waals surface area contributed by atoms with Crippen LogP contribution in [-0.4, -0.2) is 44.7 Å². The zero-order valence-corrected chi connectivity index (χ0v) is 19.5. The van der Waals surface area contributed by atoms with E-state index in [1.54, 1.807) is 19.2 Å². The lowest BCUT2D eigenvalue weighted by Gasteiger charge is -2.14. The summed E-state index contributed by atoms with van der Waals surface area (Å²) in [4.78, 5) is 15.6. The fourth-order valence-corrected chi connectivity index (χ4v) is 2.82. The van der Waals surface area contributed by atoms with Gasteiger partial charge in [0.25, 0.3) is 0 Å². The molecule has 0 saturated carbocycles. The Morgan fingerprint density at radius 1 is 1.15 bits per heavy atom. The van der Waals surface area contributed by atoms with Crippen LogP contribution in [0.1, 0.15) is 20.3 Å². The third-order valence-corrected chi connectivity index (χ3v) is 3.70. The third kappa shape index (κ3) is 9.89. The van der Waals surface area contributed by atoms with E-state index < -0.39 is 0 Å². The Bertz CT molecular complexity index is 592. The Labute approximate surface area is 186 Å². The number of aliphatic imine (C=N–C) groups is 1. The summed E-state index contributed by atoms with van der Waals surface area (Å²) in [6.07, 6.45) is 0.366. The number of rotatable bonds is 8. The molecular formula is C16H24Cl3IN4O2. The molecule has 0 aliphatic heterocycles. The minimum atomic E-state index is -0.00620. The molecular weight excluding hydrogens is 513 g/mol. The lowest BCUT2D eigenvalue weighted by atomic mass is 10.3. The van der Waals surface area contributed by atoms with Gasteiger partial charge in [-0.05, 0) is 26.0 Å². The Balaban J connectivity index is 0.00000625. The van der Waals surface area contributed by atoms with E-state index in [1.807, 2.05) is 13.8 Å². The third-order valence-electron chi connectivity index (χ3n) is 2.92. The number of carbonyl (C=O) groups excluding carboxylic acids is 1. The molecule has 148 valence electrons. The Morgan fingerprint density at radius 2 is 1.73 bits per heavy atom. The van der Waals surface area contributed by atoms with Crippen molar-refractivity contribution in [1.29, 1.82) is 0 Å². The molecule has 0 heterocycles. The molecule has 0 spiro atoms. The van der Waals surface area contributed by atoms with Crippen LogP contribution >= 0.6 is 58.8 Å². The smallest absolute Gasteiger partial charge is 0.221 e. The molecule has 0 atom stereocenters. The summed E-state index contributed by atoms with van der Waals surface area (Å²) in [5.41, 5.74) is 0. The predicted octanol–water partition coefficient (Wildman–Crippen LogP) is 3.72. The number of hydrogen-bond donors (Lipinski definition) is 3. The van der Waals surface area contributed by atoms with Crippen molar-refractivity contribution in [1.82, 2.24) is 16.0 Å². The van der Waals surface area contributed by atoms with E-state index in [0.717, 1.165) is 0 Å². The summed E-state index contributed by atoms with van der Waals surface area (Å²) in [7, 11) is 1.65. The fraction of sp³-hybridized carbons (Fsp3) is 0.500. The second-order valence-electron chi connectivity index (χ2n) is 5.45. The minimum absolute atomic E-state index is 0. The van der Waals surface area contributed by atoms with E-state index in [2.05, 4.69) is 20.9 Å². The van der Waals surface area contributed by atoms with Crippen LogP contribution in [0, 0.1) is 0 Å². The molecule has 0 radical (unpaired) electrons. The van der Waals surface area contributed by atoms with Gasteiger partial charge >= 0.3 is 0 Å². The van der Waals surface area contributed by atoms with Gasteiger partial charge in [-0.15, -0.1) is 24.0 Å². The van der Waals surface area contributed by atoms with Crippen molar-refractivity contribution in [2.45, 2.75) is 26.3 Å². The average Bonchev–Trinajstić information content (AvgIpc) is 2.50. The number of carbonyl (C=O) groups is 1. The van der Waals surface area contributed by atoms with E-state index in [0.29, 0.717) is 52.9 Å². The number of amides is 1. The van der Waals surface area contributed by atoms with E-state index in [4.69, 9.17) is 39.5 Å². The van der Waals surface area contributed by atoms with E-state index in [-0.39, 0.29) is 35.9 Å². The van der Waals surface area contributed by atoms with Crippen LogP contribution in [0.5, 0.6) is 5.75 Å². The number of nitrogens with zero attached hydrogens (tertiary/aromatic N) is 1. The Morgan fingerprint density at radius 3 is 2.27 bits per heavy atom. The summed E-state index contributed by atoms with van der Waals surface area (Å²) in [5, 5.41) is 10.1. The molecule has 1 aromatic carbocycles. The topological polar surface area (TPSA) is 74.8 Å². The molecule has 6 nitrogen and oxygen atoms in total. The molecule has 26 heavy (non-hydrogen) atoms. The SMILES string of the molecule is CN=C(NCCOc1c(Cl)cc(Cl)cc1Cl)NCCC(=O)NC(C)C.I. The monoisotopic (exact) mass is 536 g/mol. The molecule has 0 saturated heterocycles. The maximum Gasteiger partial charge on any atom is 0.221 e. The van der Waals surface area contributed by atoms with Crippen molar-refractivity contribution < 1.29 is 9.53 Å². The highest BCUT2D eigenvalue weighted by atomic mass is 127.